The number of carbonyl (C=O) groups excluding carboxylic acids is 2. The number of Topliss-reactive ketones (excluding diaryl/α,β-unsaturated/α-hetero) is 2. The van der Waals surface area contributed by atoms with E-state index in [1.807, 2.05) is 0 Å². The van der Waals surface area contributed by atoms with Gasteiger partial charge in [0.1, 0.15) is 22.7 Å². The van der Waals surface area contributed by atoms with Gasteiger partial charge in [0.25, 0.3) is 0 Å². The van der Waals surface area contributed by atoms with E-state index < -0.39 is 11.2 Å². The van der Waals surface area contributed by atoms with Gasteiger partial charge in [0, 0.05) is 11.1 Å². The van der Waals surface area contributed by atoms with Crippen LogP contribution >= 0.6 is 11.8 Å². The Hall–Kier alpha value is -2.15. The van der Waals surface area contributed by atoms with Crippen molar-refractivity contribution in [1.82, 2.24) is 0 Å². The molecule has 0 spiro atoms. The van der Waals surface area contributed by atoms with Gasteiger partial charge in [-0.15, -0.1) is 0 Å². The van der Waals surface area contributed by atoms with Gasteiger partial charge in [-0.1, -0.05) is 18.7 Å². The molecule has 1 aliphatic rings. The third kappa shape index (κ3) is 3.78. The number of fused-ring (bicyclic) bond motifs is 2. The predicted molar refractivity (Wildman–Crippen MR) is 103 cm³/mol. The number of carbonyl (C=O) groups is 2. The zero-order valence-electron chi connectivity index (χ0n) is 15.7. The summed E-state index contributed by atoms with van der Waals surface area (Å²) < 4.78 is 5.88. The number of aliphatic hydroxyl groups is 2. The summed E-state index contributed by atoms with van der Waals surface area (Å²) in [6.45, 7) is 6.16. The van der Waals surface area contributed by atoms with Crippen LogP contribution in [0.2, 0.25) is 0 Å². The highest BCUT2D eigenvalue weighted by atomic mass is 32.2. The second kappa shape index (κ2) is 6.78. The fraction of sp³-hybridized carbons (Fsp3) is 0.333. The van der Waals surface area contributed by atoms with Crippen molar-refractivity contribution in [2.75, 3.05) is 0 Å². The van der Waals surface area contributed by atoms with Crippen molar-refractivity contribution in [3.05, 3.63) is 47.5 Å². The van der Waals surface area contributed by atoms with Crippen molar-refractivity contribution in [3.8, 4) is 11.5 Å². The number of hydrogen-bond donors (Lipinski definition) is 2. The summed E-state index contributed by atoms with van der Waals surface area (Å²) in [6, 6.07) is 10.1. The number of benzene rings is 2. The Morgan fingerprint density at radius 2 is 1.41 bits per heavy atom. The van der Waals surface area contributed by atoms with Crippen LogP contribution in [0.15, 0.2) is 46.2 Å². The maximum atomic E-state index is 12.5. The maximum absolute atomic E-state index is 12.5. The van der Waals surface area contributed by atoms with Gasteiger partial charge in [-0.05, 0) is 63.6 Å². The second-order valence-corrected chi connectivity index (χ2v) is 8.46. The molecule has 3 rings (SSSR count). The van der Waals surface area contributed by atoms with Crippen LogP contribution in [0.1, 0.15) is 54.8 Å². The van der Waals surface area contributed by atoms with E-state index in [1.165, 1.54) is 32.5 Å². The molecular formula is C21H22O5S. The van der Waals surface area contributed by atoms with Crippen molar-refractivity contribution >= 4 is 23.3 Å². The average molecular weight is 386 g/mol. The molecule has 27 heavy (non-hydrogen) atoms. The lowest BCUT2D eigenvalue weighted by atomic mass is 9.92. The van der Waals surface area contributed by atoms with Crippen LogP contribution in [0.3, 0.4) is 0 Å². The van der Waals surface area contributed by atoms with Gasteiger partial charge in [-0.3, -0.25) is 9.59 Å². The molecule has 1 aliphatic heterocycles. The Labute approximate surface area is 162 Å². The van der Waals surface area contributed by atoms with Crippen molar-refractivity contribution in [2.45, 2.75) is 55.1 Å². The van der Waals surface area contributed by atoms with E-state index in [1.54, 1.807) is 43.3 Å². The fourth-order valence-electron chi connectivity index (χ4n) is 2.69. The van der Waals surface area contributed by atoms with E-state index in [4.69, 9.17) is 4.74 Å². The second-order valence-electron chi connectivity index (χ2n) is 7.37. The standard InChI is InChI=1S/C21H22O5S/c1-5-21(4,25)19(23)13-7-9-15-17(11-13)27-16-10-12(6-8-14(16)26-15)18(22)20(2,3)24/h6-11,24-25H,5H2,1-4H3. The minimum atomic E-state index is -1.46. The van der Waals surface area contributed by atoms with Gasteiger partial charge >= 0.3 is 0 Å². The molecule has 1 atom stereocenters. The van der Waals surface area contributed by atoms with E-state index in [0.717, 1.165) is 9.79 Å². The summed E-state index contributed by atoms with van der Waals surface area (Å²) in [5, 5.41) is 20.2. The molecular weight excluding hydrogens is 364 g/mol. The van der Waals surface area contributed by atoms with E-state index in [-0.39, 0.29) is 11.6 Å². The van der Waals surface area contributed by atoms with Crippen LogP contribution in [-0.4, -0.2) is 33.0 Å². The first-order valence-electron chi connectivity index (χ1n) is 8.71. The maximum Gasteiger partial charge on any atom is 0.194 e. The molecule has 142 valence electrons. The van der Waals surface area contributed by atoms with Gasteiger partial charge in [0.15, 0.2) is 11.6 Å². The summed E-state index contributed by atoms with van der Waals surface area (Å²) in [4.78, 5) is 26.3. The van der Waals surface area contributed by atoms with Crippen LogP contribution in [0.5, 0.6) is 11.5 Å². The quantitative estimate of drug-likeness (QED) is 0.638. The van der Waals surface area contributed by atoms with E-state index >= 15 is 0 Å². The largest absolute Gasteiger partial charge is 0.455 e. The molecule has 0 saturated carbocycles. The molecule has 0 aromatic heterocycles. The lowest BCUT2D eigenvalue weighted by molar-refractivity contribution is 0.0390. The lowest BCUT2D eigenvalue weighted by Crippen LogP contribution is -2.34. The summed E-state index contributed by atoms with van der Waals surface area (Å²) in [7, 11) is 0. The topological polar surface area (TPSA) is 83.8 Å². The molecule has 1 unspecified atom stereocenters. The SMILES string of the molecule is CCC(C)(O)C(=O)c1ccc2c(c1)Sc1cc(C(=O)C(C)(C)O)ccc1O2. The molecule has 0 saturated heterocycles. The van der Waals surface area contributed by atoms with Gasteiger partial charge in [-0.25, -0.2) is 0 Å². The Kier molecular flexibility index (Phi) is 4.93. The molecule has 0 radical (unpaired) electrons. The summed E-state index contributed by atoms with van der Waals surface area (Å²) in [5.41, 5.74) is -2.08. The van der Waals surface area contributed by atoms with Crippen LogP contribution in [0.4, 0.5) is 0 Å². The molecule has 2 N–H and O–H groups in total. The molecule has 1 heterocycles. The Morgan fingerprint density at radius 1 is 0.926 bits per heavy atom. The molecule has 2 aromatic carbocycles. The number of ether oxygens (including phenoxy) is 1. The molecule has 0 aliphatic carbocycles. The normalized spacial score (nSPS) is 15.2. The Morgan fingerprint density at radius 3 is 1.85 bits per heavy atom. The van der Waals surface area contributed by atoms with E-state index in [0.29, 0.717) is 29.0 Å². The fourth-order valence-corrected chi connectivity index (χ4v) is 3.72. The van der Waals surface area contributed by atoms with Crippen LogP contribution < -0.4 is 4.74 Å². The zero-order valence-corrected chi connectivity index (χ0v) is 16.5. The molecule has 2 aromatic rings. The monoisotopic (exact) mass is 386 g/mol. The Balaban J connectivity index is 1.94. The first-order chi connectivity index (χ1) is 12.5. The smallest absolute Gasteiger partial charge is 0.194 e. The third-order valence-electron chi connectivity index (χ3n) is 4.58. The highest BCUT2D eigenvalue weighted by molar-refractivity contribution is 7.99. The summed E-state index contributed by atoms with van der Waals surface area (Å²) in [6.07, 6.45) is 0.317. The number of rotatable bonds is 5. The molecule has 0 fully saturated rings. The van der Waals surface area contributed by atoms with Crippen LogP contribution in [0.25, 0.3) is 0 Å². The van der Waals surface area contributed by atoms with Crippen LogP contribution in [0, 0.1) is 0 Å². The van der Waals surface area contributed by atoms with E-state index in [9.17, 15) is 19.8 Å². The van der Waals surface area contributed by atoms with Crippen molar-refractivity contribution in [1.29, 1.82) is 0 Å². The summed E-state index contributed by atoms with van der Waals surface area (Å²) >= 11 is 1.38. The predicted octanol–water partition coefficient (Wildman–Crippen LogP) is 4.24. The lowest BCUT2D eigenvalue weighted by Gasteiger charge is -2.23. The van der Waals surface area contributed by atoms with Gasteiger partial charge in [0.2, 0.25) is 0 Å². The minimum absolute atomic E-state index is 0.317. The summed E-state index contributed by atoms with van der Waals surface area (Å²) in [5.74, 6) is 0.506. The highest BCUT2D eigenvalue weighted by Crippen LogP contribution is 2.47. The molecule has 0 bridgehead atoms. The third-order valence-corrected chi connectivity index (χ3v) is 5.66. The van der Waals surface area contributed by atoms with Crippen molar-refractivity contribution < 1.29 is 24.5 Å². The van der Waals surface area contributed by atoms with E-state index in [2.05, 4.69) is 0 Å². The minimum Gasteiger partial charge on any atom is -0.455 e. The Bertz CT molecular complexity index is 925. The van der Waals surface area contributed by atoms with Gasteiger partial charge < -0.3 is 14.9 Å². The highest BCUT2D eigenvalue weighted by Gasteiger charge is 2.31. The molecule has 5 nitrogen and oxygen atoms in total. The van der Waals surface area contributed by atoms with Crippen LogP contribution in [-0.2, 0) is 0 Å². The average Bonchev–Trinajstić information content (AvgIpc) is 2.63. The van der Waals surface area contributed by atoms with Gasteiger partial charge in [0.05, 0.1) is 9.79 Å². The number of ketones is 2. The van der Waals surface area contributed by atoms with Crippen molar-refractivity contribution in [3.63, 3.8) is 0 Å². The number of hydrogen-bond acceptors (Lipinski definition) is 6. The van der Waals surface area contributed by atoms with Crippen molar-refractivity contribution in [2.24, 2.45) is 0 Å². The molecule has 6 heteroatoms. The molecule has 0 amide bonds. The first kappa shape index (κ1) is 19.6. The van der Waals surface area contributed by atoms with Gasteiger partial charge in [-0.2, -0.15) is 0 Å². The zero-order chi connectivity index (χ0) is 20.0. The first-order valence-corrected chi connectivity index (χ1v) is 9.53.